The van der Waals surface area contributed by atoms with Gasteiger partial charge in [0, 0.05) is 31.7 Å². The molecule has 0 aromatic heterocycles. The number of imide groups is 1. The summed E-state index contributed by atoms with van der Waals surface area (Å²) in [6.07, 6.45) is -0.704. The van der Waals surface area contributed by atoms with Crippen LogP contribution < -0.4 is 14.8 Å². The Labute approximate surface area is 168 Å². The summed E-state index contributed by atoms with van der Waals surface area (Å²) in [5.41, 5.74) is 0.421. The van der Waals surface area contributed by atoms with Gasteiger partial charge in [-0.2, -0.15) is 0 Å². The number of benzene rings is 2. The van der Waals surface area contributed by atoms with Gasteiger partial charge >= 0.3 is 6.03 Å². The number of amides is 4. The fourth-order valence-corrected chi connectivity index (χ4v) is 3.31. The van der Waals surface area contributed by atoms with Gasteiger partial charge in [-0.1, -0.05) is 30.3 Å². The highest BCUT2D eigenvalue weighted by Crippen LogP contribution is 2.31. The Balaban J connectivity index is 1.28. The van der Waals surface area contributed by atoms with Crippen molar-refractivity contribution in [3.8, 4) is 11.5 Å². The molecular formula is C21H21N3O5. The van der Waals surface area contributed by atoms with Crippen LogP contribution in [0, 0.1) is 0 Å². The third kappa shape index (κ3) is 4.16. The molecule has 29 heavy (non-hydrogen) atoms. The van der Waals surface area contributed by atoms with Gasteiger partial charge in [-0.25, -0.2) is 4.79 Å². The van der Waals surface area contributed by atoms with Crippen molar-refractivity contribution in [3.63, 3.8) is 0 Å². The number of hydrogen-bond donors (Lipinski definition) is 1. The van der Waals surface area contributed by atoms with Gasteiger partial charge < -0.3 is 19.3 Å². The molecule has 150 valence electrons. The van der Waals surface area contributed by atoms with Crippen molar-refractivity contribution >= 4 is 17.8 Å². The first-order valence-corrected chi connectivity index (χ1v) is 9.44. The van der Waals surface area contributed by atoms with E-state index in [1.807, 2.05) is 12.1 Å². The summed E-state index contributed by atoms with van der Waals surface area (Å²) in [5.74, 6) is 0.566. The zero-order valence-electron chi connectivity index (χ0n) is 15.7. The van der Waals surface area contributed by atoms with Gasteiger partial charge in [-0.15, -0.1) is 0 Å². The Morgan fingerprint density at radius 1 is 0.828 bits per heavy atom. The first kappa shape index (κ1) is 18.8. The Bertz CT molecular complexity index is 910. The number of carbonyl (C=O) groups is 3. The molecule has 1 unspecified atom stereocenters. The first-order chi connectivity index (χ1) is 14.1. The molecule has 1 saturated heterocycles. The molecule has 2 aliphatic rings. The fourth-order valence-electron chi connectivity index (χ4n) is 3.31. The third-order valence-corrected chi connectivity index (χ3v) is 4.92. The van der Waals surface area contributed by atoms with Crippen molar-refractivity contribution < 1.29 is 23.9 Å². The summed E-state index contributed by atoms with van der Waals surface area (Å²) in [6, 6.07) is 15.3. The van der Waals surface area contributed by atoms with Crippen LogP contribution in [0.2, 0.25) is 0 Å². The number of fused-ring (bicyclic) bond motifs is 1. The molecule has 2 heterocycles. The number of ether oxygens (including phenoxy) is 2. The van der Waals surface area contributed by atoms with Crippen LogP contribution in [0.5, 0.6) is 11.5 Å². The molecule has 1 fully saturated rings. The largest absolute Gasteiger partial charge is 0.485 e. The molecule has 4 amide bonds. The van der Waals surface area contributed by atoms with E-state index in [-0.39, 0.29) is 12.5 Å². The predicted octanol–water partition coefficient (Wildman–Crippen LogP) is 1.52. The standard InChI is InChI=1S/C21H21N3O5/c25-19(15-6-2-1-3-7-15)22-21(27)24-12-10-23(11-13-24)20(26)18-14-28-16-8-4-5-9-17(16)29-18/h1-9,18H,10-14H2,(H,22,25,27). The van der Waals surface area contributed by atoms with E-state index in [9.17, 15) is 14.4 Å². The molecule has 0 spiro atoms. The predicted molar refractivity (Wildman–Crippen MR) is 104 cm³/mol. The van der Waals surface area contributed by atoms with E-state index in [1.54, 1.807) is 47.4 Å². The topological polar surface area (TPSA) is 88.2 Å². The van der Waals surface area contributed by atoms with Crippen LogP contribution in [-0.2, 0) is 4.79 Å². The number of nitrogens with one attached hydrogen (secondary N) is 1. The molecule has 2 aromatic carbocycles. The summed E-state index contributed by atoms with van der Waals surface area (Å²) < 4.78 is 11.4. The van der Waals surface area contributed by atoms with Crippen molar-refractivity contribution in [2.45, 2.75) is 6.10 Å². The van der Waals surface area contributed by atoms with Crippen LogP contribution >= 0.6 is 0 Å². The summed E-state index contributed by atoms with van der Waals surface area (Å²) in [5, 5.41) is 2.38. The normalized spacial score (nSPS) is 18.1. The molecule has 1 N–H and O–H groups in total. The van der Waals surface area contributed by atoms with Crippen LogP contribution in [0.1, 0.15) is 10.4 Å². The number of piperazine rings is 1. The Morgan fingerprint density at radius 3 is 2.17 bits per heavy atom. The summed E-state index contributed by atoms with van der Waals surface area (Å²) in [7, 11) is 0. The number of rotatable bonds is 2. The molecule has 2 aromatic rings. The van der Waals surface area contributed by atoms with Crippen LogP contribution in [0.15, 0.2) is 54.6 Å². The quantitative estimate of drug-likeness (QED) is 0.833. The maximum Gasteiger partial charge on any atom is 0.324 e. The minimum absolute atomic E-state index is 0.155. The SMILES string of the molecule is O=C(NC(=O)N1CCN(C(=O)C2COc3ccccc3O2)CC1)c1ccccc1. The molecule has 0 aliphatic carbocycles. The molecule has 4 rings (SSSR count). The monoisotopic (exact) mass is 395 g/mol. The van der Waals surface area contributed by atoms with Gasteiger partial charge in [-0.05, 0) is 24.3 Å². The van der Waals surface area contributed by atoms with Crippen molar-refractivity contribution in [2.75, 3.05) is 32.8 Å². The Kier molecular flexibility index (Phi) is 5.33. The van der Waals surface area contributed by atoms with Crippen molar-refractivity contribution in [3.05, 3.63) is 60.2 Å². The number of urea groups is 1. The van der Waals surface area contributed by atoms with Gasteiger partial charge in [0.15, 0.2) is 11.5 Å². The maximum absolute atomic E-state index is 12.7. The molecular weight excluding hydrogens is 374 g/mol. The number of hydrogen-bond acceptors (Lipinski definition) is 5. The van der Waals surface area contributed by atoms with Crippen LogP contribution in [-0.4, -0.2) is 66.5 Å². The molecule has 8 nitrogen and oxygen atoms in total. The fraction of sp³-hybridized carbons (Fsp3) is 0.286. The zero-order valence-corrected chi connectivity index (χ0v) is 15.7. The van der Waals surface area contributed by atoms with E-state index in [0.29, 0.717) is 43.2 Å². The number of carbonyl (C=O) groups excluding carboxylic acids is 3. The minimum atomic E-state index is -0.704. The van der Waals surface area contributed by atoms with Crippen molar-refractivity contribution in [1.82, 2.24) is 15.1 Å². The smallest absolute Gasteiger partial charge is 0.324 e. The second kappa shape index (κ2) is 8.22. The van der Waals surface area contributed by atoms with Gasteiger partial charge in [-0.3, -0.25) is 14.9 Å². The zero-order chi connectivity index (χ0) is 20.2. The van der Waals surface area contributed by atoms with E-state index < -0.39 is 18.0 Å². The molecule has 0 saturated carbocycles. The maximum atomic E-state index is 12.7. The van der Waals surface area contributed by atoms with Gasteiger partial charge in [0.25, 0.3) is 11.8 Å². The Morgan fingerprint density at radius 2 is 1.45 bits per heavy atom. The molecule has 0 radical (unpaired) electrons. The summed E-state index contributed by atoms with van der Waals surface area (Å²) in [4.78, 5) is 40.4. The van der Waals surface area contributed by atoms with Crippen molar-refractivity contribution in [1.29, 1.82) is 0 Å². The summed E-state index contributed by atoms with van der Waals surface area (Å²) >= 11 is 0. The van der Waals surface area contributed by atoms with Gasteiger partial charge in [0.1, 0.15) is 6.61 Å². The van der Waals surface area contributed by atoms with Crippen LogP contribution in [0.25, 0.3) is 0 Å². The first-order valence-electron chi connectivity index (χ1n) is 9.44. The lowest BCUT2D eigenvalue weighted by molar-refractivity contribution is -0.142. The van der Waals surface area contributed by atoms with Gasteiger partial charge in [0.05, 0.1) is 0 Å². The molecule has 1 atom stereocenters. The highest BCUT2D eigenvalue weighted by molar-refractivity contribution is 6.04. The average molecular weight is 395 g/mol. The van der Waals surface area contributed by atoms with E-state index in [0.717, 1.165) is 0 Å². The highest BCUT2D eigenvalue weighted by Gasteiger charge is 2.33. The van der Waals surface area contributed by atoms with Gasteiger partial charge in [0.2, 0.25) is 6.10 Å². The van der Waals surface area contributed by atoms with E-state index in [2.05, 4.69) is 5.32 Å². The second-order valence-corrected chi connectivity index (χ2v) is 6.80. The number of para-hydroxylation sites is 2. The van der Waals surface area contributed by atoms with E-state index in [4.69, 9.17) is 9.47 Å². The Hall–Kier alpha value is -3.55. The highest BCUT2D eigenvalue weighted by atomic mass is 16.6. The van der Waals surface area contributed by atoms with Crippen LogP contribution in [0.3, 0.4) is 0 Å². The van der Waals surface area contributed by atoms with E-state index in [1.165, 1.54) is 4.90 Å². The molecule has 8 heteroatoms. The minimum Gasteiger partial charge on any atom is -0.485 e. The second-order valence-electron chi connectivity index (χ2n) is 6.80. The van der Waals surface area contributed by atoms with E-state index >= 15 is 0 Å². The lowest BCUT2D eigenvalue weighted by Crippen LogP contribution is -2.57. The van der Waals surface area contributed by atoms with Crippen molar-refractivity contribution in [2.24, 2.45) is 0 Å². The average Bonchev–Trinajstić information content (AvgIpc) is 2.79. The lowest BCUT2D eigenvalue weighted by Gasteiger charge is -2.37. The number of nitrogens with zero attached hydrogens (tertiary/aromatic N) is 2. The third-order valence-electron chi connectivity index (χ3n) is 4.92. The lowest BCUT2D eigenvalue weighted by atomic mass is 10.2. The van der Waals surface area contributed by atoms with Crippen LogP contribution in [0.4, 0.5) is 4.79 Å². The molecule has 0 bridgehead atoms. The summed E-state index contributed by atoms with van der Waals surface area (Å²) in [6.45, 7) is 1.57. The molecule has 2 aliphatic heterocycles.